The summed E-state index contributed by atoms with van der Waals surface area (Å²) in [7, 11) is 1.84. The number of nitrogens with zero attached hydrogens (tertiary/aromatic N) is 2. The quantitative estimate of drug-likeness (QED) is 0.476. The van der Waals surface area contributed by atoms with Gasteiger partial charge in [-0.25, -0.2) is 5.84 Å². The van der Waals surface area contributed by atoms with Crippen LogP contribution in [0, 0.1) is 0 Å². The first kappa shape index (κ1) is 15.9. The Morgan fingerprint density at radius 1 is 1.43 bits per heavy atom. The first-order chi connectivity index (χ1) is 10.0. The smallest absolute Gasteiger partial charge is 0.265 e. The Morgan fingerprint density at radius 3 is 2.86 bits per heavy atom. The van der Waals surface area contributed by atoms with Crippen LogP contribution >= 0.6 is 15.9 Å². The number of likely N-dealkylation sites (N-methyl/N-ethyl adjacent to an activating group) is 1. The van der Waals surface area contributed by atoms with Crippen LogP contribution in [0.1, 0.15) is 22.3 Å². The van der Waals surface area contributed by atoms with Crippen LogP contribution in [0.25, 0.3) is 0 Å². The van der Waals surface area contributed by atoms with Crippen molar-refractivity contribution in [2.75, 3.05) is 26.7 Å². The maximum absolute atomic E-state index is 11.9. The minimum Gasteiger partial charge on any atom is -0.345 e. The Kier molecular flexibility index (Phi) is 5.33. The fourth-order valence-electron chi connectivity index (χ4n) is 2.32. The van der Waals surface area contributed by atoms with Crippen molar-refractivity contribution in [3.05, 3.63) is 33.8 Å². The van der Waals surface area contributed by atoms with E-state index in [1.54, 1.807) is 17.0 Å². The zero-order valence-electron chi connectivity index (χ0n) is 11.9. The molecule has 0 spiro atoms. The molecule has 1 aromatic rings. The van der Waals surface area contributed by atoms with E-state index in [9.17, 15) is 9.59 Å². The second kappa shape index (κ2) is 7.02. The standard InChI is InChI=1S/C14H19BrN4O2/c1-18-5-2-6-19(9-13(18)20)8-11-4-3-10(7-12(11)15)14(21)17-16/h3-4,7H,2,5-6,8-9,16H2,1H3,(H,17,21). The first-order valence-electron chi connectivity index (χ1n) is 6.77. The van der Waals surface area contributed by atoms with Crippen LogP contribution in [0.4, 0.5) is 0 Å². The van der Waals surface area contributed by atoms with Crippen LogP contribution in [-0.2, 0) is 11.3 Å². The van der Waals surface area contributed by atoms with Crippen LogP contribution in [-0.4, -0.2) is 48.3 Å². The molecular formula is C14H19BrN4O2. The Balaban J connectivity index is 2.09. The molecule has 2 amide bonds. The fraction of sp³-hybridized carbons (Fsp3) is 0.429. The summed E-state index contributed by atoms with van der Waals surface area (Å²) < 4.78 is 0.841. The second-order valence-corrected chi connectivity index (χ2v) is 6.01. The third-order valence-electron chi connectivity index (χ3n) is 3.59. The highest BCUT2D eigenvalue weighted by Gasteiger charge is 2.19. The lowest BCUT2D eigenvalue weighted by Crippen LogP contribution is -2.34. The monoisotopic (exact) mass is 354 g/mol. The van der Waals surface area contributed by atoms with Crippen molar-refractivity contribution in [3.63, 3.8) is 0 Å². The SMILES string of the molecule is CN1CCCN(Cc2ccc(C(=O)NN)cc2Br)CC1=O. The topological polar surface area (TPSA) is 78.7 Å². The van der Waals surface area contributed by atoms with E-state index in [1.807, 2.05) is 13.1 Å². The van der Waals surface area contributed by atoms with Crippen LogP contribution in [0.2, 0.25) is 0 Å². The number of benzene rings is 1. The van der Waals surface area contributed by atoms with Gasteiger partial charge in [-0.1, -0.05) is 22.0 Å². The summed E-state index contributed by atoms with van der Waals surface area (Å²) in [6.07, 6.45) is 0.966. The molecule has 0 aliphatic carbocycles. The van der Waals surface area contributed by atoms with Gasteiger partial charge >= 0.3 is 0 Å². The molecule has 1 heterocycles. The number of hydrogen-bond acceptors (Lipinski definition) is 4. The summed E-state index contributed by atoms with van der Waals surface area (Å²) in [6, 6.07) is 5.35. The number of nitrogens with one attached hydrogen (secondary N) is 1. The van der Waals surface area contributed by atoms with E-state index >= 15 is 0 Å². The summed E-state index contributed by atoms with van der Waals surface area (Å²) in [6.45, 7) is 2.78. The van der Waals surface area contributed by atoms with E-state index in [-0.39, 0.29) is 11.8 Å². The molecular weight excluding hydrogens is 336 g/mol. The van der Waals surface area contributed by atoms with Crippen LogP contribution in [0.3, 0.4) is 0 Å². The van der Waals surface area contributed by atoms with Gasteiger partial charge in [0.15, 0.2) is 0 Å². The number of hydrogen-bond donors (Lipinski definition) is 2. The predicted octanol–water partition coefficient (Wildman–Crippen LogP) is 0.717. The van der Waals surface area contributed by atoms with Gasteiger partial charge in [-0.2, -0.15) is 0 Å². The normalized spacial score (nSPS) is 16.7. The number of hydrazine groups is 1. The van der Waals surface area contributed by atoms with Gasteiger partial charge in [0.25, 0.3) is 5.91 Å². The third-order valence-corrected chi connectivity index (χ3v) is 4.33. The molecule has 7 heteroatoms. The average molecular weight is 355 g/mol. The minimum atomic E-state index is -0.325. The molecule has 3 N–H and O–H groups in total. The summed E-state index contributed by atoms with van der Waals surface area (Å²) in [4.78, 5) is 27.2. The zero-order valence-corrected chi connectivity index (χ0v) is 13.5. The van der Waals surface area contributed by atoms with E-state index in [1.165, 1.54) is 0 Å². The average Bonchev–Trinajstić information content (AvgIpc) is 2.62. The van der Waals surface area contributed by atoms with Crippen LogP contribution in [0.15, 0.2) is 22.7 Å². The Bertz CT molecular complexity index is 550. The fourth-order valence-corrected chi connectivity index (χ4v) is 2.83. The van der Waals surface area contributed by atoms with Crippen molar-refractivity contribution in [2.24, 2.45) is 5.84 Å². The second-order valence-electron chi connectivity index (χ2n) is 5.16. The lowest BCUT2D eigenvalue weighted by atomic mass is 10.1. The molecule has 2 rings (SSSR count). The van der Waals surface area contributed by atoms with E-state index in [0.717, 1.165) is 29.5 Å². The first-order valence-corrected chi connectivity index (χ1v) is 7.56. The number of nitrogens with two attached hydrogens (primary N) is 1. The molecule has 6 nitrogen and oxygen atoms in total. The number of nitrogen functional groups attached to an aromatic ring is 1. The summed E-state index contributed by atoms with van der Waals surface area (Å²) >= 11 is 3.48. The Hall–Kier alpha value is -1.44. The van der Waals surface area contributed by atoms with E-state index < -0.39 is 0 Å². The summed E-state index contributed by atoms with van der Waals surface area (Å²) in [5.74, 6) is 4.94. The van der Waals surface area contributed by atoms with Crippen molar-refractivity contribution >= 4 is 27.7 Å². The third kappa shape index (κ3) is 4.03. The van der Waals surface area contributed by atoms with E-state index in [4.69, 9.17) is 5.84 Å². The van der Waals surface area contributed by atoms with Gasteiger partial charge in [-0.15, -0.1) is 0 Å². The predicted molar refractivity (Wildman–Crippen MR) is 83.3 cm³/mol. The number of amides is 2. The highest BCUT2D eigenvalue weighted by atomic mass is 79.9. The maximum Gasteiger partial charge on any atom is 0.265 e. The van der Waals surface area contributed by atoms with Gasteiger partial charge < -0.3 is 4.90 Å². The van der Waals surface area contributed by atoms with Crippen LogP contribution < -0.4 is 11.3 Å². The van der Waals surface area contributed by atoms with Crippen molar-refractivity contribution < 1.29 is 9.59 Å². The molecule has 1 aliphatic heterocycles. The molecule has 1 saturated heterocycles. The molecule has 1 fully saturated rings. The van der Waals surface area contributed by atoms with Gasteiger partial charge in [-0.05, 0) is 24.1 Å². The van der Waals surface area contributed by atoms with Crippen molar-refractivity contribution in [2.45, 2.75) is 13.0 Å². The summed E-state index contributed by atoms with van der Waals surface area (Å²) in [5.41, 5.74) is 3.65. The lowest BCUT2D eigenvalue weighted by molar-refractivity contribution is -0.130. The molecule has 0 radical (unpaired) electrons. The number of rotatable bonds is 3. The maximum atomic E-state index is 11.9. The van der Waals surface area contributed by atoms with E-state index in [2.05, 4.69) is 26.3 Å². The van der Waals surface area contributed by atoms with Gasteiger partial charge in [0.1, 0.15) is 0 Å². The van der Waals surface area contributed by atoms with Gasteiger partial charge in [-0.3, -0.25) is 19.9 Å². The molecule has 0 bridgehead atoms. The highest BCUT2D eigenvalue weighted by molar-refractivity contribution is 9.10. The number of carbonyl (C=O) groups is 2. The molecule has 0 atom stereocenters. The molecule has 21 heavy (non-hydrogen) atoms. The molecule has 0 unspecified atom stereocenters. The van der Waals surface area contributed by atoms with Gasteiger partial charge in [0.05, 0.1) is 6.54 Å². The molecule has 1 aliphatic rings. The van der Waals surface area contributed by atoms with Gasteiger partial charge in [0.2, 0.25) is 5.91 Å². The Morgan fingerprint density at radius 2 is 2.19 bits per heavy atom. The molecule has 1 aromatic carbocycles. The summed E-state index contributed by atoms with van der Waals surface area (Å²) in [5, 5.41) is 0. The molecule has 0 aromatic heterocycles. The van der Waals surface area contributed by atoms with Gasteiger partial charge in [0, 0.05) is 36.7 Å². The highest BCUT2D eigenvalue weighted by Crippen LogP contribution is 2.21. The zero-order chi connectivity index (χ0) is 15.4. The molecule has 114 valence electrons. The van der Waals surface area contributed by atoms with Crippen molar-refractivity contribution in [1.29, 1.82) is 0 Å². The minimum absolute atomic E-state index is 0.141. The largest absolute Gasteiger partial charge is 0.345 e. The number of carbonyl (C=O) groups excluding carboxylic acids is 2. The van der Waals surface area contributed by atoms with Crippen molar-refractivity contribution in [3.8, 4) is 0 Å². The van der Waals surface area contributed by atoms with E-state index in [0.29, 0.717) is 18.7 Å². The number of halogens is 1. The van der Waals surface area contributed by atoms with Crippen LogP contribution in [0.5, 0.6) is 0 Å². The lowest BCUT2D eigenvalue weighted by Gasteiger charge is -2.20. The molecule has 0 saturated carbocycles. The Labute approximate surface area is 132 Å². The van der Waals surface area contributed by atoms with Crippen molar-refractivity contribution in [1.82, 2.24) is 15.2 Å².